The highest BCUT2D eigenvalue weighted by Gasteiger charge is 2.04. The average Bonchev–Trinajstić information content (AvgIpc) is 2.30. The molecular formula is C14H10BrN. The minimum atomic E-state index is 0.701. The van der Waals surface area contributed by atoms with Crippen LogP contribution >= 0.6 is 15.9 Å². The van der Waals surface area contributed by atoms with Gasteiger partial charge in [-0.25, -0.2) is 0 Å². The first-order valence-electron chi connectivity index (χ1n) is 4.97. The Hall–Kier alpha value is -1.59. The van der Waals surface area contributed by atoms with Crippen LogP contribution in [-0.4, -0.2) is 0 Å². The maximum atomic E-state index is 9.06. The summed E-state index contributed by atoms with van der Waals surface area (Å²) in [5, 5.41) is 9.06. The third-order valence-corrected chi connectivity index (χ3v) is 2.96. The van der Waals surface area contributed by atoms with Gasteiger partial charge >= 0.3 is 0 Å². The van der Waals surface area contributed by atoms with Crippen LogP contribution in [0.2, 0.25) is 0 Å². The Morgan fingerprint density at radius 1 is 1.06 bits per heavy atom. The lowest BCUT2D eigenvalue weighted by atomic mass is 10.00. The number of halogens is 1. The Kier molecular flexibility index (Phi) is 3.07. The van der Waals surface area contributed by atoms with E-state index in [-0.39, 0.29) is 0 Å². The standard InChI is InChI=1S/C14H10BrN/c1-10-2-4-11(5-3-10)14-8-13(15)7-6-12(14)9-16/h2-8H,1H3. The molecule has 2 heteroatoms. The third-order valence-electron chi connectivity index (χ3n) is 2.46. The van der Waals surface area contributed by atoms with Gasteiger partial charge in [-0.05, 0) is 30.7 Å². The van der Waals surface area contributed by atoms with Gasteiger partial charge in [-0.3, -0.25) is 0 Å². The fourth-order valence-electron chi connectivity index (χ4n) is 1.59. The Bertz CT molecular complexity index is 550. The van der Waals surface area contributed by atoms with Crippen molar-refractivity contribution in [3.63, 3.8) is 0 Å². The summed E-state index contributed by atoms with van der Waals surface area (Å²) in [5.74, 6) is 0. The SMILES string of the molecule is Cc1ccc(-c2cc(Br)ccc2C#N)cc1. The topological polar surface area (TPSA) is 23.8 Å². The van der Waals surface area contributed by atoms with E-state index < -0.39 is 0 Å². The Labute approximate surface area is 103 Å². The number of benzene rings is 2. The lowest BCUT2D eigenvalue weighted by Gasteiger charge is -2.05. The van der Waals surface area contributed by atoms with Gasteiger partial charge in [-0.1, -0.05) is 45.8 Å². The summed E-state index contributed by atoms with van der Waals surface area (Å²) in [4.78, 5) is 0. The van der Waals surface area contributed by atoms with Gasteiger partial charge in [0.25, 0.3) is 0 Å². The smallest absolute Gasteiger partial charge is 0.0998 e. The zero-order valence-corrected chi connectivity index (χ0v) is 10.5. The van der Waals surface area contributed by atoms with Crippen molar-refractivity contribution in [2.45, 2.75) is 6.92 Å². The van der Waals surface area contributed by atoms with Crippen molar-refractivity contribution >= 4 is 15.9 Å². The van der Waals surface area contributed by atoms with E-state index in [9.17, 15) is 0 Å². The van der Waals surface area contributed by atoms with Crippen molar-refractivity contribution in [3.8, 4) is 17.2 Å². The summed E-state index contributed by atoms with van der Waals surface area (Å²) >= 11 is 3.43. The second kappa shape index (κ2) is 4.51. The molecule has 0 atom stereocenters. The molecule has 0 saturated carbocycles. The minimum Gasteiger partial charge on any atom is -0.192 e. The van der Waals surface area contributed by atoms with Crippen molar-refractivity contribution in [2.24, 2.45) is 0 Å². The van der Waals surface area contributed by atoms with Crippen molar-refractivity contribution in [2.75, 3.05) is 0 Å². The molecule has 0 N–H and O–H groups in total. The van der Waals surface area contributed by atoms with Gasteiger partial charge in [0, 0.05) is 10.0 Å². The quantitative estimate of drug-likeness (QED) is 0.759. The molecule has 16 heavy (non-hydrogen) atoms. The van der Waals surface area contributed by atoms with Crippen LogP contribution in [0.15, 0.2) is 46.9 Å². The van der Waals surface area contributed by atoms with E-state index in [1.807, 2.05) is 30.3 Å². The van der Waals surface area contributed by atoms with Crippen molar-refractivity contribution in [1.82, 2.24) is 0 Å². The van der Waals surface area contributed by atoms with Gasteiger partial charge in [0.15, 0.2) is 0 Å². The summed E-state index contributed by atoms with van der Waals surface area (Å²) in [6.45, 7) is 2.05. The van der Waals surface area contributed by atoms with Crippen molar-refractivity contribution in [1.29, 1.82) is 5.26 Å². The summed E-state index contributed by atoms with van der Waals surface area (Å²) in [5.41, 5.74) is 3.96. The number of nitrogens with zero attached hydrogens (tertiary/aromatic N) is 1. The zero-order valence-electron chi connectivity index (χ0n) is 8.87. The highest BCUT2D eigenvalue weighted by molar-refractivity contribution is 9.10. The summed E-state index contributed by atoms with van der Waals surface area (Å²) in [7, 11) is 0. The molecule has 0 aliphatic rings. The number of nitriles is 1. The average molecular weight is 272 g/mol. The minimum absolute atomic E-state index is 0.701. The van der Waals surface area contributed by atoms with E-state index in [2.05, 4.69) is 41.1 Å². The van der Waals surface area contributed by atoms with Crippen LogP contribution in [0.1, 0.15) is 11.1 Å². The van der Waals surface area contributed by atoms with Gasteiger partial charge in [-0.15, -0.1) is 0 Å². The molecule has 0 aliphatic heterocycles. The summed E-state index contributed by atoms with van der Waals surface area (Å²) < 4.78 is 0.988. The van der Waals surface area contributed by atoms with Crippen LogP contribution in [0.25, 0.3) is 11.1 Å². The molecule has 0 heterocycles. The molecule has 0 bridgehead atoms. The lowest BCUT2D eigenvalue weighted by molar-refractivity contribution is 1.44. The molecule has 2 rings (SSSR count). The molecule has 0 unspecified atom stereocenters. The largest absolute Gasteiger partial charge is 0.192 e. The van der Waals surface area contributed by atoms with E-state index >= 15 is 0 Å². The maximum Gasteiger partial charge on any atom is 0.0998 e. The molecule has 1 nitrogen and oxygen atoms in total. The molecule has 0 aromatic heterocycles. The first kappa shape index (κ1) is 10.9. The first-order valence-corrected chi connectivity index (χ1v) is 5.76. The molecule has 0 aliphatic carbocycles. The van der Waals surface area contributed by atoms with E-state index in [4.69, 9.17) is 5.26 Å². The van der Waals surface area contributed by atoms with E-state index in [0.717, 1.165) is 15.6 Å². The molecular weight excluding hydrogens is 262 g/mol. The zero-order chi connectivity index (χ0) is 11.5. The molecule has 0 radical (unpaired) electrons. The fraction of sp³-hybridized carbons (Fsp3) is 0.0714. The molecule has 0 fully saturated rings. The van der Waals surface area contributed by atoms with E-state index in [1.165, 1.54) is 5.56 Å². The number of rotatable bonds is 1. The van der Waals surface area contributed by atoms with Crippen LogP contribution in [0.3, 0.4) is 0 Å². The monoisotopic (exact) mass is 271 g/mol. The fourth-order valence-corrected chi connectivity index (χ4v) is 1.95. The van der Waals surface area contributed by atoms with Gasteiger partial charge in [-0.2, -0.15) is 5.26 Å². The molecule has 0 spiro atoms. The highest BCUT2D eigenvalue weighted by atomic mass is 79.9. The molecule has 78 valence electrons. The molecule has 2 aromatic carbocycles. The molecule has 2 aromatic rings. The van der Waals surface area contributed by atoms with Gasteiger partial charge in [0.1, 0.15) is 0 Å². The molecule has 0 amide bonds. The number of hydrogen-bond donors (Lipinski definition) is 0. The van der Waals surface area contributed by atoms with Gasteiger partial charge < -0.3 is 0 Å². The van der Waals surface area contributed by atoms with Crippen molar-refractivity contribution < 1.29 is 0 Å². The molecule has 0 saturated heterocycles. The summed E-state index contributed by atoms with van der Waals surface area (Å²) in [6, 6.07) is 16.1. The normalized spacial score (nSPS) is 9.81. The van der Waals surface area contributed by atoms with Crippen LogP contribution in [0.5, 0.6) is 0 Å². The van der Waals surface area contributed by atoms with Crippen LogP contribution in [-0.2, 0) is 0 Å². The predicted molar refractivity (Wildman–Crippen MR) is 69.0 cm³/mol. The van der Waals surface area contributed by atoms with Crippen LogP contribution in [0, 0.1) is 18.3 Å². The third kappa shape index (κ3) is 2.15. The van der Waals surface area contributed by atoms with Gasteiger partial charge in [0.05, 0.1) is 11.6 Å². The van der Waals surface area contributed by atoms with Crippen LogP contribution in [0.4, 0.5) is 0 Å². The Balaban J connectivity index is 2.59. The Morgan fingerprint density at radius 2 is 1.75 bits per heavy atom. The first-order chi connectivity index (χ1) is 7.70. The van der Waals surface area contributed by atoms with Crippen LogP contribution < -0.4 is 0 Å². The number of hydrogen-bond acceptors (Lipinski definition) is 1. The van der Waals surface area contributed by atoms with E-state index in [1.54, 1.807) is 0 Å². The second-order valence-corrected chi connectivity index (χ2v) is 4.58. The van der Waals surface area contributed by atoms with Crippen molar-refractivity contribution in [3.05, 3.63) is 58.1 Å². The summed E-state index contributed by atoms with van der Waals surface area (Å²) in [6.07, 6.45) is 0. The Morgan fingerprint density at radius 3 is 2.38 bits per heavy atom. The second-order valence-electron chi connectivity index (χ2n) is 3.67. The lowest BCUT2D eigenvalue weighted by Crippen LogP contribution is -1.84. The van der Waals surface area contributed by atoms with E-state index in [0.29, 0.717) is 5.56 Å². The predicted octanol–water partition coefficient (Wildman–Crippen LogP) is 4.30. The highest BCUT2D eigenvalue weighted by Crippen LogP contribution is 2.26. The van der Waals surface area contributed by atoms with Gasteiger partial charge in [0.2, 0.25) is 0 Å². The number of aryl methyl sites for hydroxylation is 1. The maximum absolute atomic E-state index is 9.06.